The molecule has 0 amide bonds. The zero-order valence-corrected chi connectivity index (χ0v) is 11.9. The van der Waals surface area contributed by atoms with Crippen molar-refractivity contribution in [2.75, 3.05) is 6.54 Å². The summed E-state index contributed by atoms with van der Waals surface area (Å²) in [5.41, 5.74) is 5.13. The van der Waals surface area contributed by atoms with Gasteiger partial charge < -0.3 is 5.32 Å². The van der Waals surface area contributed by atoms with Crippen LogP contribution in [0.15, 0.2) is 59.6 Å². The molecule has 1 N–H and O–H groups in total. The van der Waals surface area contributed by atoms with Gasteiger partial charge >= 0.3 is 0 Å². The van der Waals surface area contributed by atoms with Crippen molar-refractivity contribution in [1.29, 1.82) is 0 Å². The standard InChI is InChI=1S/C19H18N2/c1-3-7-17-14(5-1)11-12-20-19(17)16-10-9-15-6-2-4-8-18(15)21-13-16/h1-10,13,16,19-20H,11-12H2. The Morgan fingerprint density at radius 2 is 1.86 bits per heavy atom. The van der Waals surface area contributed by atoms with Crippen LogP contribution in [0.1, 0.15) is 22.7 Å². The van der Waals surface area contributed by atoms with Crippen molar-refractivity contribution in [3.8, 4) is 0 Å². The predicted molar refractivity (Wildman–Crippen MR) is 88.0 cm³/mol. The average molecular weight is 274 g/mol. The number of nitrogens with one attached hydrogen (secondary N) is 1. The minimum Gasteiger partial charge on any atom is -0.309 e. The first-order valence-electron chi connectivity index (χ1n) is 7.54. The molecule has 0 bridgehead atoms. The second-order valence-electron chi connectivity index (χ2n) is 5.65. The van der Waals surface area contributed by atoms with Crippen LogP contribution >= 0.6 is 0 Å². The first-order chi connectivity index (χ1) is 10.4. The third kappa shape index (κ3) is 2.32. The summed E-state index contributed by atoms with van der Waals surface area (Å²) < 4.78 is 0. The maximum atomic E-state index is 4.69. The first kappa shape index (κ1) is 12.5. The van der Waals surface area contributed by atoms with Gasteiger partial charge in [0.15, 0.2) is 0 Å². The van der Waals surface area contributed by atoms with Crippen LogP contribution in [0.3, 0.4) is 0 Å². The topological polar surface area (TPSA) is 24.4 Å². The van der Waals surface area contributed by atoms with Gasteiger partial charge in [0.05, 0.1) is 5.69 Å². The lowest BCUT2D eigenvalue weighted by Gasteiger charge is -2.30. The highest BCUT2D eigenvalue weighted by Gasteiger charge is 2.25. The van der Waals surface area contributed by atoms with Crippen LogP contribution in [-0.4, -0.2) is 12.8 Å². The normalized spacial score (nSPS) is 23.2. The van der Waals surface area contributed by atoms with Gasteiger partial charge in [-0.15, -0.1) is 0 Å². The molecule has 0 radical (unpaired) electrons. The highest BCUT2D eigenvalue weighted by Crippen LogP contribution is 2.32. The summed E-state index contributed by atoms with van der Waals surface area (Å²) in [5.74, 6) is 0.291. The zero-order chi connectivity index (χ0) is 14.1. The summed E-state index contributed by atoms with van der Waals surface area (Å²) in [4.78, 5) is 4.69. The van der Waals surface area contributed by atoms with Gasteiger partial charge in [-0.1, -0.05) is 54.6 Å². The lowest BCUT2D eigenvalue weighted by Crippen LogP contribution is -2.34. The molecule has 2 aromatic carbocycles. The molecule has 4 rings (SSSR count). The van der Waals surface area contributed by atoms with E-state index >= 15 is 0 Å². The zero-order valence-electron chi connectivity index (χ0n) is 11.9. The molecule has 0 aliphatic carbocycles. The SMILES string of the molecule is C1=CC(C2NCCc3ccccc32)C=Nc2ccccc21. The molecule has 2 aromatic rings. The molecule has 21 heavy (non-hydrogen) atoms. The quantitative estimate of drug-likeness (QED) is 0.837. The van der Waals surface area contributed by atoms with Crippen molar-refractivity contribution >= 4 is 18.0 Å². The van der Waals surface area contributed by atoms with Gasteiger partial charge in [-0.3, -0.25) is 4.99 Å². The van der Waals surface area contributed by atoms with E-state index in [1.54, 1.807) is 0 Å². The van der Waals surface area contributed by atoms with Crippen LogP contribution in [0.25, 0.3) is 6.08 Å². The van der Waals surface area contributed by atoms with E-state index < -0.39 is 0 Å². The molecule has 2 atom stereocenters. The largest absolute Gasteiger partial charge is 0.309 e. The second kappa shape index (κ2) is 5.30. The van der Waals surface area contributed by atoms with Gasteiger partial charge in [-0.05, 0) is 35.7 Å². The monoisotopic (exact) mass is 274 g/mol. The van der Waals surface area contributed by atoms with Gasteiger partial charge in [-0.2, -0.15) is 0 Å². The lowest BCUT2D eigenvalue weighted by molar-refractivity contribution is 0.471. The van der Waals surface area contributed by atoms with Crippen LogP contribution in [-0.2, 0) is 6.42 Å². The fourth-order valence-electron chi connectivity index (χ4n) is 3.26. The number of aliphatic imine (C=N–C) groups is 1. The fraction of sp³-hybridized carbons (Fsp3) is 0.211. The van der Waals surface area contributed by atoms with E-state index in [1.165, 1.54) is 16.7 Å². The Hall–Kier alpha value is -2.19. The summed E-state index contributed by atoms with van der Waals surface area (Å²) in [6.07, 6.45) is 7.67. The molecule has 2 heteroatoms. The maximum absolute atomic E-state index is 4.69. The number of para-hydroxylation sites is 1. The summed E-state index contributed by atoms with van der Waals surface area (Å²) >= 11 is 0. The molecule has 2 unspecified atom stereocenters. The van der Waals surface area contributed by atoms with Crippen molar-refractivity contribution in [2.45, 2.75) is 12.5 Å². The van der Waals surface area contributed by atoms with Gasteiger partial charge in [0.2, 0.25) is 0 Å². The summed E-state index contributed by atoms with van der Waals surface area (Å²) in [6, 6.07) is 17.4. The third-order valence-corrected chi connectivity index (χ3v) is 4.35. The average Bonchev–Trinajstić information content (AvgIpc) is 2.77. The van der Waals surface area contributed by atoms with E-state index in [4.69, 9.17) is 0 Å². The van der Waals surface area contributed by atoms with Crippen molar-refractivity contribution in [2.24, 2.45) is 10.9 Å². The van der Waals surface area contributed by atoms with Crippen molar-refractivity contribution in [3.63, 3.8) is 0 Å². The minimum absolute atomic E-state index is 0.291. The van der Waals surface area contributed by atoms with E-state index in [0.717, 1.165) is 18.7 Å². The van der Waals surface area contributed by atoms with E-state index in [1.807, 2.05) is 6.07 Å². The van der Waals surface area contributed by atoms with Crippen molar-refractivity contribution in [1.82, 2.24) is 5.32 Å². The fourth-order valence-corrected chi connectivity index (χ4v) is 3.26. The van der Waals surface area contributed by atoms with E-state index in [0.29, 0.717) is 12.0 Å². The highest BCUT2D eigenvalue weighted by atomic mass is 14.9. The van der Waals surface area contributed by atoms with Crippen molar-refractivity contribution < 1.29 is 0 Å². The Kier molecular flexibility index (Phi) is 3.17. The Bertz CT molecular complexity index is 682. The number of benzene rings is 2. The van der Waals surface area contributed by atoms with E-state index in [9.17, 15) is 0 Å². The van der Waals surface area contributed by atoms with Gasteiger partial charge in [0.25, 0.3) is 0 Å². The summed E-state index contributed by atoms with van der Waals surface area (Å²) in [5, 5.41) is 3.66. The summed E-state index contributed by atoms with van der Waals surface area (Å²) in [6.45, 7) is 1.03. The molecule has 0 saturated carbocycles. The molecule has 104 valence electrons. The third-order valence-electron chi connectivity index (χ3n) is 4.35. The Morgan fingerprint density at radius 1 is 1.00 bits per heavy atom. The number of rotatable bonds is 1. The molecule has 0 fully saturated rings. The minimum atomic E-state index is 0.291. The smallest absolute Gasteiger partial charge is 0.0698 e. The molecule has 2 aliphatic heterocycles. The van der Waals surface area contributed by atoms with Crippen molar-refractivity contribution in [3.05, 3.63) is 71.3 Å². The second-order valence-corrected chi connectivity index (χ2v) is 5.65. The van der Waals surface area contributed by atoms with E-state index in [2.05, 4.69) is 71.1 Å². The Labute approximate surface area is 125 Å². The maximum Gasteiger partial charge on any atom is 0.0698 e. The number of hydrogen-bond donors (Lipinski definition) is 1. The summed E-state index contributed by atoms with van der Waals surface area (Å²) in [7, 11) is 0. The molecule has 2 aliphatic rings. The van der Waals surface area contributed by atoms with Gasteiger partial charge in [-0.25, -0.2) is 0 Å². The molecule has 2 nitrogen and oxygen atoms in total. The molecule has 2 heterocycles. The van der Waals surface area contributed by atoms with Crippen LogP contribution < -0.4 is 5.32 Å². The number of hydrogen-bond acceptors (Lipinski definition) is 2. The molecule has 0 spiro atoms. The number of fused-ring (bicyclic) bond motifs is 2. The van der Waals surface area contributed by atoms with Crippen LogP contribution in [0.5, 0.6) is 0 Å². The van der Waals surface area contributed by atoms with Crippen LogP contribution in [0.2, 0.25) is 0 Å². The highest BCUT2D eigenvalue weighted by molar-refractivity contribution is 5.78. The molecule has 0 saturated heterocycles. The molecular formula is C19H18N2. The molecular weight excluding hydrogens is 256 g/mol. The Morgan fingerprint density at radius 3 is 2.86 bits per heavy atom. The Balaban J connectivity index is 1.71. The van der Waals surface area contributed by atoms with E-state index in [-0.39, 0.29) is 0 Å². The van der Waals surface area contributed by atoms with Gasteiger partial charge in [0, 0.05) is 18.2 Å². The van der Waals surface area contributed by atoms with Crippen LogP contribution in [0.4, 0.5) is 5.69 Å². The lowest BCUT2D eigenvalue weighted by atomic mass is 9.86. The first-order valence-corrected chi connectivity index (χ1v) is 7.54. The van der Waals surface area contributed by atoms with Crippen LogP contribution in [0, 0.1) is 5.92 Å². The molecule has 0 aromatic heterocycles. The number of nitrogens with zero attached hydrogens (tertiary/aromatic N) is 1. The van der Waals surface area contributed by atoms with Gasteiger partial charge in [0.1, 0.15) is 0 Å². The predicted octanol–water partition coefficient (Wildman–Crippen LogP) is 3.92.